The Hall–Kier alpha value is -1.79. The monoisotopic (exact) mass is 274 g/mol. The molecule has 0 radical (unpaired) electrons. The summed E-state index contributed by atoms with van der Waals surface area (Å²) in [5, 5.41) is 4.69. The molecule has 0 saturated heterocycles. The van der Waals surface area contributed by atoms with Gasteiger partial charge in [0.15, 0.2) is 0 Å². The van der Waals surface area contributed by atoms with Crippen molar-refractivity contribution in [3.05, 3.63) is 0 Å². The molecule has 0 heterocycles. The third-order valence-electron chi connectivity index (χ3n) is 1.81. The number of nitrogens with one attached hydrogen (secondary N) is 2. The molecule has 19 heavy (non-hydrogen) atoms. The first-order chi connectivity index (χ1) is 8.65. The molecule has 0 unspecified atom stereocenters. The summed E-state index contributed by atoms with van der Waals surface area (Å²) in [6, 6.07) is -0.757. The van der Waals surface area contributed by atoms with Gasteiger partial charge in [-0.15, -0.1) is 0 Å². The van der Waals surface area contributed by atoms with Crippen LogP contribution in [0, 0.1) is 0 Å². The molecule has 7 nitrogen and oxygen atoms in total. The molecule has 0 aliphatic heterocycles. The van der Waals surface area contributed by atoms with E-state index in [-0.39, 0.29) is 13.2 Å². The van der Waals surface area contributed by atoms with E-state index in [1.807, 2.05) is 0 Å². The van der Waals surface area contributed by atoms with Crippen molar-refractivity contribution in [2.75, 3.05) is 13.2 Å². The second-order valence-corrected chi connectivity index (χ2v) is 4.90. The summed E-state index contributed by atoms with van der Waals surface area (Å²) in [4.78, 5) is 34.0. The maximum atomic E-state index is 11.4. The van der Waals surface area contributed by atoms with Gasteiger partial charge in [-0.25, -0.2) is 9.59 Å². The van der Waals surface area contributed by atoms with E-state index in [1.54, 1.807) is 27.7 Å². The second-order valence-electron chi connectivity index (χ2n) is 4.90. The van der Waals surface area contributed by atoms with Gasteiger partial charge in [0.25, 0.3) is 0 Å². The Morgan fingerprint density at radius 3 is 2.26 bits per heavy atom. The first kappa shape index (κ1) is 17.2. The number of esters is 1. The highest BCUT2D eigenvalue weighted by Gasteiger charge is 2.19. The van der Waals surface area contributed by atoms with Gasteiger partial charge < -0.3 is 20.1 Å². The summed E-state index contributed by atoms with van der Waals surface area (Å²) in [5.41, 5.74) is -0.626. The molecule has 7 heteroatoms. The molecular weight excluding hydrogens is 252 g/mol. The zero-order valence-electron chi connectivity index (χ0n) is 12.0. The van der Waals surface area contributed by atoms with E-state index in [2.05, 4.69) is 10.6 Å². The average Bonchev–Trinajstić information content (AvgIpc) is 2.24. The Morgan fingerprint density at radius 2 is 1.79 bits per heavy atom. The molecule has 0 saturated carbocycles. The van der Waals surface area contributed by atoms with Gasteiger partial charge in [0.2, 0.25) is 5.91 Å². The Morgan fingerprint density at radius 1 is 1.21 bits per heavy atom. The highest BCUT2D eigenvalue weighted by molar-refractivity contribution is 5.86. The SMILES string of the molecule is CCOC(=O)[C@H](C)NC(=O)CNC(=O)OC(C)(C)C. The fourth-order valence-electron chi connectivity index (χ4n) is 1.09. The molecule has 0 aliphatic rings. The summed E-state index contributed by atoms with van der Waals surface area (Å²) in [6.07, 6.45) is -0.688. The van der Waals surface area contributed by atoms with Crippen LogP contribution in [-0.2, 0) is 19.1 Å². The summed E-state index contributed by atoms with van der Waals surface area (Å²) in [6.45, 7) is 8.31. The van der Waals surface area contributed by atoms with E-state index < -0.39 is 29.6 Å². The molecule has 0 fully saturated rings. The average molecular weight is 274 g/mol. The van der Waals surface area contributed by atoms with Crippen LogP contribution in [0.15, 0.2) is 0 Å². The molecule has 0 aromatic heterocycles. The maximum Gasteiger partial charge on any atom is 0.408 e. The van der Waals surface area contributed by atoms with Gasteiger partial charge in [-0.3, -0.25) is 4.79 Å². The van der Waals surface area contributed by atoms with E-state index >= 15 is 0 Å². The molecule has 2 N–H and O–H groups in total. The van der Waals surface area contributed by atoms with Crippen LogP contribution in [-0.4, -0.2) is 42.8 Å². The fraction of sp³-hybridized carbons (Fsp3) is 0.750. The lowest BCUT2D eigenvalue weighted by Crippen LogP contribution is -2.45. The topological polar surface area (TPSA) is 93.7 Å². The minimum Gasteiger partial charge on any atom is -0.464 e. The molecule has 0 aliphatic carbocycles. The minimum absolute atomic E-state index is 0.245. The van der Waals surface area contributed by atoms with Crippen molar-refractivity contribution in [2.45, 2.75) is 46.3 Å². The number of rotatable bonds is 5. The number of ether oxygens (including phenoxy) is 2. The normalized spacial score (nSPS) is 12.3. The summed E-state index contributed by atoms with van der Waals surface area (Å²) in [5.74, 6) is -1.01. The lowest BCUT2D eigenvalue weighted by molar-refractivity contribution is -0.146. The highest BCUT2D eigenvalue weighted by Crippen LogP contribution is 2.05. The molecule has 1 atom stereocenters. The molecule has 0 rings (SSSR count). The van der Waals surface area contributed by atoms with Crippen molar-refractivity contribution in [3.8, 4) is 0 Å². The van der Waals surface area contributed by atoms with Crippen molar-refractivity contribution in [1.29, 1.82) is 0 Å². The van der Waals surface area contributed by atoms with Crippen molar-refractivity contribution in [2.24, 2.45) is 0 Å². The van der Waals surface area contributed by atoms with E-state index in [1.165, 1.54) is 6.92 Å². The van der Waals surface area contributed by atoms with E-state index in [4.69, 9.17) is 9.47 Å². The van der Waals surface area contributed by atoms with Gasteiger partial charge in [-0.2, -0.15) is 0 Å². The highest BCUT2D eigenvalue weighted by atomic mass is 16.6. The van der Waals surface area contributed by atoms with Crippen LogP contribution in [0.25, 0.3) is 0 Å². The van der Waals surface area contributed by atoms with Gasteiger partial charge in [-0.1, -0.05) is 0 Å². The molecule has 0 spiro atoms. The lowest BCUT2D eigenvalue weighted by Gasteiger charge is -2.19. The maximum absolute atomic E-state index is 11.4. The van der Waals surface area contributed by atoms with Crippen LogP contribution in [0.2, 0.25) is 0 Å². The number of hydrogen-bond acceptors (Lipinski definition) is 5. The van der Waals surface area contributed by atoms with Crippen LogP contribution in [0.4, 0.5) is 4.79 Å². The predicted octanol–water partition coefficient (Wildman–Crippen LogP) is 0.579. The number of alkyl carbamates (subject to hydrolysis) is 1. The second kappa shape index (κ2) is 7.60. The Kier molecular flexibility index (Phi) is 6.89. The Bertz CT molecular complexity index is 336. The standard InChI is InChI=1S/C12H22N2O5/c1-6-18-10(16)8(2)14-9(15)7-13-11(17)19-12(3,4)5/h8H,6-7H2,1-5H3,(H,13,17)(H,14,15)/t8-/m0/s1. The third kappa shape index (κ3) is 8.87. The Balaban J connectivity index is 3.99. The van der Waals surface area contributed by atoms with E-state index in [0.717, 1.165) is 0 Å². The van der Waals surface area contributed by atoms with Crippen molar-refractivity contribution >= 4 is 18.0 Å². The molecular formula is C12H22N2O5. The number of carbonyl (C=O) groups is 3. The quantitative estimate of drug-likeness (QED) is 0.715. The summed E-state index contributed by atoms with van der Waals surface area (Å²) >= 11 is 0. The van der Waals surface area contributed by atoms with Gasteiger partial charge in [0, 0.05) is 0 Å². The number of carbonyl (C=O) groups excluding carboxylic acids is 3. The molecule has 110 valence electrons. The predicted molar refractivity (Wildman–Crippen MR) is 68.5 cm³/mol. The largest absolute Gasteiger partial charge is 0.464 e. The van der Waals surface area contributed by atoms with Crippen LogP contribution < -0.4 is 10.6 Å². The van der Waals surface area contributed by atoms with Crippen LogP contribution in [0.1, 0.15) is 34.6 Å². The molecule has 2 amide bonds. The number of hydrogen-bond donors (Lipinski definition) is 2. The van der Waals surface area contributed by atoms with Crippen LogP contribution in [0.5, 0.6) is 0 Å². The van der Waals surface area contributed by atoms with Crippen molar-refractivity contribution < 1.29 is 23.9 Å². The zero-order valence-corrected chi connectivity index (χ0v) is 12.0. The molecule has 0 aromatic carbocycles. The van der Waals surface area contributed by atoms with Crippen LogP contribution in [0.3, 0.4) is 0 Å². The Labute approximate surface area is 113 Å². The van der Waals surface area contributed by atoms with Crippen molar-refractivity contribution in [3.63, 3.8) is 0 Å². The summed E-state index contributed by atoms with van der Waals surface area (Å²) < 4.78 is 9.69. The molecule has 0 bridgehead atoms. The third-order valence-corrected chi connectivity index (χ3v) is 1.81. The van der Waals surface area contributed by atoms with E-state index in [0.29, 0.717) is 0 Å². The fourth-order valence-corrected chi connectivity index (χ4v) is 1.09. The first-order valence-corrected chi connectivity index (χ1v) is 6.08. The van der Waals surface area contributed by atoms with Gasteiger partial charge in [0.1, 0.15) is 18.2 Å². The number of amides is 2. The van der Waals surface area contributed by atoms with Crippen LogP contribution >= 0.6 is 0 Å². The van der Waals surface area contributed by atoms with Gasteiger partial charge in [0.05, 0.1) is 6.61 Å². The van der Waals surface area contributed by atoms with Gasteiger partial charge in [-0.05, 0) is 34.6 Å². The summed E-state index contributed by atoms with van der Waals surface area (Å²) in [7, 11) is 0. The van der Waals surface area contributed by atoms with Crippen molar-refractivity contribution in [1.82, 2.24) is 10.6 Å². The molecule has 0 aromatic rings. The minimum atomic E-state index is -0.757. The zero-order chi connectivity index (χ0) is 15.1. The van der Waals surface area contributed by atoms with E-state index in [9.17, 15) is 14.4 Å². The smallest absolute Gasteiger partial charge is 0.408 e. The lowest BCUT2D eigenvalue weighted by atomic mass is 10.2. The first-order valence-electron chi connectivity index (χ1n) is 6.08. The van der Waals surface area contributed by atoms with Gasteiger partial charge >= 0.3 is 12.1 Å².